The third-order valence-corrected chi connectivity index (χ3v) is 4.53. The summed E-state index contributed by atoms with van der Waals surface area (Å²) in [6, 6.07) is 10.9. The van der Waals surface area contributed by atoms with E-state index in [1.165, 1.54) is 23.1 Å². The van der Waals surface area contributed by atoms with Crippen LogP contribution in [0.5, 0.6) is 0 Å². The Hall–Kier alpha value is -3.06. The van der Waals surface area contributed by atoms with Crippen molar-refractivity contribution in [3.8, 4) is 0 Å². The zero-order valence-corrected chi connectivity index (χ0v) is 15.3. The highest BCUT2D eigenvalue weighted by Crippen LogP contribution is 2.31. The summed E-state index contributed by atoms with van der Waals surface area (Å²) in [6.07, 6.45) is 0.141. The molecule has 0 spiro atoms. The Labute approximate surface area is 161 Å². The van der Waals surface area contributed by atoms with Crippen molar-refractivity contribution in [1.29, 1.82) is 0 Å². The lowest BCUT2D eigenvalue weighted by molar-refractivity contribution is -0.122. The zero-order chi connectivity index (χ0) is 19.6. The number of hydrogen-bond acceptors (Lipinski definition) is 5. The van der Waals surface area contributed by atoms with Crippen LogP contribution in [0.3, 0.4) is 0 Å². The Bertz CT molecular complexity index is 916. The molecule has 7 nitrogen and oxygen atoms in total. The second kappa shape index (κ2) is 7.67. The number of esters is 1. The van der Waals surface area contributed by atoms with Crippen LogP contribution in [0, 0.1) is 0 Å². The Morgan fingerprint density at radius 2 is 2.04 bits per heavy atom. The Morgan fingerprint density at radius 3 is 2.78 bits per heavy atom. The molecule has 140 valence electrons. The number of anilines is 3. The van der Waals surface area contributed by atoms with Crippen molar-refractivity contribution in [2.75, 3.05) is 22.6 Å². The van der Waals surface area contributed by atoms with E-state index in [4.69, 9.17) is 22.1 Å². The van der Waals surface area contributed by atoms with Gasteiger partial charge < -0.3 is 20.7 Å². The summed E-state index contributed by atoms with van der Waals surface area (Å²) in [7, 11) is 0. The molecule has 1 atom stereocenters. The van der Waals surface area contributed by atoms with Gasteiger partial charge in [-0.05, 0) is 37.3 Å². The fourth-order valence-corrected chi connectivity index (χ4v) is 3.04. The van der Waals surface area contributed by atoms with E-state index in [1.54, 1.807) is 31.2 Å². The molecule has 1 aliphatic rings. The normalized spacial score (nSPS) is 16.1. The molecule has 0 bridgehead atoms. The number of ether oxygens (including phenoxy) is 1. The number of amides is 2. The summed E-state index contributed by atoms with van der Waals surface area (Å²) in [5.41, 5.74) is 7.23. The van der Waals surface area contributed by atoms with Gasteiger partial charge in [0.2, 0.25) is 5.91 Å². The maximum atomic E-state index is 12.8. The van der Waals surface area contributed by atoms with E-state index < -0.39 is 18.5 Å². The molecule has 2 aromatic carbocycles. The highest BCUT2D eigenvalue weighted by Gasteiger charge is 2.30. The van der Waals surface area contributed by atoms with Crippen LogP contribution in [0.4, 0.5) is 17.1 Å². The number of para-hydroxylation sites is 2. The number of hydrogen-bond donors (Lipinski definition) is 2. The van der Waals surface area contributed by atoms with Crippen LogP contribution in [-0.4, -0.2) is 30.4 Å². The lowest BCUT2D eigenvalue weighted by Gasteiger charge is -2.27. The van der Waals surface area contributed by atoms with Gasteiger partial charge in [0.25, 0.3) is 5.91 Å². The van der Waals surface area contributed by atoms with Crippen LogP contribution in [0.25, 0.3) is 0 Å². The molecule has 0 saturated heterocycles. The lowest BCUT2D eigenvalue weighted by atomic mass is 10.1. The smallest absolute Gasteiger partial charge is 0.338 e. The molecular formula is C19H18ClN3O4. The molecule has 0 unspecified atom stereocenters. The minimum Gasteiger partial charge on any atom is -0.452 e. The Balaban J connectivity index is 1.76. The van der Waals surface area contributed by atoms with Crippen molar-refractivity contribution in [3.63, 3.8) is 0 Å². The van der Waals surface area contributed by atoms with E-state index in [1.807, 2.05) is 0 Å². The van der Waals surface area contributed by atoms with Gasteiger partial charge in [-0.15, -0.1) is 0 Å². The molecule has 0 fully saturated rings. The number of rotatable bonds is 3. The van der Waals surface area contributed by atoms with Gasteiger partial charge in [-0.1, -0.05) is 23.7 Å². The average Bonchev–Trinajstić information content (AvgIpc) is 2.76. The van der Waals surface area contributed by atoms with E-state index in [9.17, 15) is 14.4 Å². The van der Waals surface area contributed by atoms with Gasteiger partial charge in [-0.25, -0.2) is 4.79 Å². The molecule has 1 heterocycles. The number of nitrogens with zero attached hydrogens (tertiary/aromatic N) is 1. The summed E-state index contributed by atoms with van der Waals surface area (Å²) in [5.74, 6) is -1.29. The number of fused-ring (bicyclic) bond motifs is 1. The van der Waals surface area contributed by atoms with E-state index in [0.29, 0.717) is 16.4 Å². The number of nitrogens with one attached hydrogen (secondary N) is 1. The minimum absolute atomic E-state index is 0.141. The number of nitrogen functional groups attached to an aromatic ring is 1. The van der Waals surface area contributed by atoms with Gasteiger partial charge >= 0.3 is 5.97 Å². The van der Waals surface area contributed by atoms with Crippen LogP contribution in [-0.2, 0) is 14.3 Å². The second-order valence-corrected chi connectivity index (χ2v) is 6.60. The van der Waals surface area contributed by atoms with Gasteiger partial charge in [0.05, 0.1) is 27.6 Å². The maximum Gasteiger partial charge on any atom is 0.338 e. The standard InChI is InChI=1S/C19H18ClN3O4/c1-11-8-17(24)22-15-4-2-3-5-16(15)23(11)18(25)10-27-19(26)12-6-7-13(20)14(21)9-12/h2-7,9,11H,8,10,21H2,1H3,(H,22,24)/t11-/m1/s1. The number of halogens is 1. The molecule has 27 heavy (non-hydrogen) atoms. The number of nitrogens with two attached hydrogens (primary N) is 1. The first-order valence-electron chi connectivity index (χ1n) is 8.30. The van der Waals surface area contributed by atoms with E-state index in [-0.39, 0.29) is 29.6 Å². The van der Waals surface area contributed by atoms with Crippen LogP contribution < -0.4 is 16.0 Å². The molecule has 8 heteroatoms. The highest BCUT2D eigenvalue weighted by atomic mass is 35.5. The topological polar surface area (TPSA) is 102 Å². The molecule has 3 rings (SSSR count). The third-order valence-electron chi connectivity index (χ3n) is 4.19. The van der Waals surface area contributed by atoms with Crippen molar-refractivity contribution in [2.45, 2.75) is 19.4 Å². The van der Waals surface area contributed by atoms with Crippen molar-refractivity contribution in [1.82, 2.24) is 0 Å². The second-order valence-electron chi connectivity index (χ2n) is 6.19. The fraction of sp³-hybridized carbons (Fsp3) is 0.211. The maximum absolute atomic E-state index is 12.8. The summed E-state index contributed by atoms with van der Waals surface area (Å²) in [5, 5.41) is 3.10. The third kappa shape index (κ3) is 4.03. The quantitative estimate of drug-likeness (QED) is 0.622. The molecule has 2 aromatic rings. The Kier molecular flexibility index (Phi) is 5.32. The van der Waals surface area contributed by atoms with Crippen molar-refractivity contribution in [2.24, 2.45) is 0 Å². The number of carbonyl (C=O) groups is 3. The van der Waals surface area contributed by atoms with Gasteiger partial charge in [-0.3, -0.25) is 9.59 Å². The highest BCUT2D eigenvalue weighted by molar-refractivity contribution is 6.33. The molecule has 0 aromatic heterocycles. The predicted octanol–water partition coefficient (Wildman–Crippen LogP) is 2.84. The lowest BCUT2D eigenvalue weighted by Crippen LogP contribution is -2.41. The van der Waals surface area contributed by atoms with Gasteiger partial charge in [0.15, 0.2) is 6.61 Å². The predicted molar refractivity (Wildman–Crippen MR) is 103 cm³/mol. The largest absolute Gasteiger partial charge is 0.452 e. The molecular weight excluding hydrogens is 370 g/mol. The van der Waals surface area contributed by atoms with Crippen LogP contribution in [0.1, 0.15) is 23.7 Å². The van der Waals surface area contributed by atoms with E-state index in [0.717, 1.165) is 0 Å². The monoisotopic (exact) mass is 387 g/mol. The first kappa shape index (κ1) is 18.7. The van der Waals surface area contributed by atoms with E-state index >= 15 is 0 Å². The molecule has 0 aliphatic carbocycles. The summed E-state index contributed by atoms with van der Waals surface area (Å²) < 4.78 is 5.13. The van der Waals surface area contributed by atoms with E-state index in [2.05, 4.69) is 5.32 Å². The van der Waals surface area contributed by atoms with Crippen LogP contribution >= 0.6 is 11.6 Å². The van der Waals surface area contributed by atoms with Gasteiger partial charge in [0, 0.05) is 12.5 Å². The van der Waals surface area contributed by atoms with Crippen molar-refractivity contribution >= 4 is 46.4 Å². The summed E-state index contributed by atoms with van der Waals surface area (Å²) in [4.78, 5) is 38.4. The van der Waals surface area contributed by atoms with Crippen LogP contribution in [0.15, 0.2) is 42.5 Å². The Morgan fingerprint density at radius 1 is 1.30 bits per heavy atom. The molecule has 0 radical (unpaired) electrons. The van der Waals surface area contributed by atoms with Crippen molar-refractivity contribution < 1.29 is 19.1 Å². The zero-order valence-electron chi connectivity index (χ0n) is 14.6. The van der Waals surface area contributed by atoms with Gasteiger partial charge in [-0.2, -0.15) is 0 Å². The fourth-order valence-electron chi connectivity index (χ4n) is 2.92. The molecule has 1 aliphatic heterocycles. The summed E-state index contributed by atoms with van der Waals surface area (Å²) in [6.45, 7) is 1.30. The number of carbonyl (C=O) groups excluding carboxylic acids is 3. The molecule has 0 saturated carbocycles. The minimum atomic E-state index is -0.684. The van der Waals surface area contributed by atoms with Crippen LogP contribution in [0.2, 0.25) is 5.02 Å². The van der Waals surface area contributed by atoms with Crippen molar-refractivity contribution in [3.05, 3.63) is 53.1 Å². The summed E-state index contributed by atoms with van der Waals surface area (Å²) >= 11 is 5.83. The SMILES string of the molecule is C[C@@H]1CC(=O)Nc2ccccc2N1C(=O)COC(=O)c1ccc(Cl)c(N)c1. The number of benzene rings is 2. The first-order chi connectivity index (χ1) is 12.9. The molecule has 3 N–H and O–H groups in total. The van der Waals surface area contributed by atoms with Gasteiger partial charge in [0.1, 0.15) is 0 Å². The average molecular weight is 388 g/mol. The first-order valence-corrected chi connectivity index (χ1v) is 8.67. The molecule has 2 amide bonds.